The highest BCUT2D eigenvalue weighted by Gasteiger charge is 2.22. The summed E-state index contributed by atoms with van der Waals surface area (Å²) in [6.07, 6.45) is 4.23. The second kappa shape index (κ2) is 9.50. The van der Waals surface area contributed by atoms with Gasteiger partial charge in [-0.25, -0.2) is 29.7 Å². The Labute approximate surface area is 201 Å². The Morgan fingerprint density at radius 2 is 1.97 bits per heavy atom. The first-order valence-corrected chi connectivity index (χ1v) is 11.1. The molecular weight excluding hydrogens is 450 g/mol. The van der Waals surface area contributed by atoms with Gasteiger partial charge in [0.25, 0.3) is 0 Å². The summed E-state index contributed by atoms with van der Waals surface area (Å²) in [6, 6.07) is 5.69. The number of aromatic amines is 1. The Kier molecular flexibility index (Phi) is 6.10. The first-order chi connectivity index (χ1) is 17.0. The monoisotopic (exact) mass is 475 g/mol. The molecule has 5 heterocycles. The molecule has 3 N–H and O–H groups in total. The summed E-state index contributed by atoms with van der Waals surface area (Å²) in [5, 5.41) is 12.5. The third kappa shape index (κ3) is 4.82. The summed E-state index contributed by atoms with van der Waals surface area (Å²) in [5.74, 6) is 1.74. The zero-order valence-corrected chi connectivity index (χ0v) is 19.4. The number of hydrogen-bond donors (Lipinski definition) is 3. The van der Waals surface area contributed by atoms with Crippen LogP contribution in [-0.2, 0) is 6.54 Å². The number of imidazole rings is 1. The van der Waals surface area contributed by atoms with Crippen molar-refractivity contribution in [3.8, 4) is 17.1 Å². The van der Waals surface area contributed by atoms with Crippen molar-refractivity contribution in [1.82, 2.24) is 39.7 Å². The van der Waals surface area contributed by atoms with Crippen LogP contribution in [0.15, 0.2) is 36.9 Å². The van der Waals surface area contributed by atoms with Crippen LogP contribution < -0.4 is 10.1 Å². The molecule has 1 aliphatic heterocycles. The van der Waals surface area contributed by atoms with Crippen LogP contribution in [0.3, 0.4) is 0 Å². The van der Waals surface area contributed by atoms with E-state index in [2.05, 4.69) is 36.2 Å². The van der Waals surface area contributed by atoms with Gasteiger partial charge in [0.1, 0.15) is 22.9 Å². The lowest BCUT2D eigenvalue weighted by Crippen LogP contribution is -2.47. The maximum atomic E-state index is 11.2. The van der Waals surface area contributed by atoms with E-state index in [1.54, 1.807) is 25.7 Å². The standard InChI is InChI=1S/C23H25N9O3/c1-14-28-19(20-22(29-14)27-13-26-20)17-9-15(12-31-5-7-32(8-6-31)23(33)34)10-25-21(17)30-16-3-4-18(35-2)24-11-16/h3-4,9-11,13H,5-8,12H2,1-2H3,(H,25,30)(H,33,34)(H,26,27,28,29). The number of nitrogens with zero attached hydrogens (tertiary/aromatic N) is 7. The molecule has 1 saturated heterocycles. The molecule has 1 fully saturated rings. The molecule has 180 valence electrons. The number of carboxylic acid groups (broad SMARTS) is 1. The molecule has 0 spiro atoms. The van der Waals surface area contributed by atoms with Crippen molar-refractivity contribution in [2.45, 2.75) is 13.5 Å². The van der Waals surface area contributed by atoms with Crippen LogP contribution in [0.1, 0.15) is 11.4 Å². The lowest BCUT2D eigenvalue weighted by molar-refractivity contribution is 0.103. The van der Waals surface area contributed by atoms with Gasteiger partial charge in [0.2, 0.25) is 5.88 Å². The van der Waals surface area contributed by atoms with Crippen LogP contribution in [0.5, 0.6) is 5.88 Å². The molecule has 0 radical (unpaired) electrons. The topological polar surface area (TPSA) is 145 Å². The predicted molar refractivity (Wildman–Crippen MR) is 129 cm³/mol. The molecule has 0 bridgehead atoms. The second-order valence-electron chi connectivity index (χ2n) is 8.22. The van der Waals surface area contributed by atoms with Gasteiger partial charge in [-0.1, -0.05) is 0 Å². The third-order valence-electron chi connectivity index (χ3n) is 5.85. The minimum atomic E-state index is -0.875. The van der Waals surface area contributed by atoms with Crippen molar-refractivity contribution >= 4 is 28.8 Å². The van der Waals surface area contributed by atoms with Gasteiger partial charge in [-0.05, 0) is 24.6 Å². The van der Waals surface area contributed by atoms with Crippen LogP contribution >= 0.6 is 0 Å². The Bertz CT molecular complexity index is 1350. The summed E-state index contributed by atoms with van der Waals surface area (Å²) >= 11 is 0. The number of ether oxygens (including phenoxy) is 1. The van der Waals surface area contributed by atoms with Gasteiger partial charge in [-0.15, -0.1) is 0 Å². The number of aromatic nitrogens is 6. The van der Waals surface area contributed by atoms with Crippen molar-refractivity contribution in [2.75, 3.05) is 38.6 Å². The average molecular weight is 476 g/mol. The summed E-state index contributed by atoms with van der Waals surface area (Å²) in [5.41, 5.74) is 4.54. The number of hydrogen-bond acceptors (Lipinski definition) is 9. The minimum absolute atomic E-state index is 0.486. The summed E-state index contributed by atoms with van der Waals surface area (Å²) < 4.78 is 5.15. The molecule has 12 heteroatoms. The Morgan fingerprint density at radius 1 is 1.14 bits per heavy atom. The van der Waals surface area contributed by atoms with E-state index in [0.717, 1.165) is 22.3 Å². The van der Waals surface area contributed by atoms with E-state index in [4.69, 9.17) is 14.7 Å². The Morgan fingerprint density at radius 3 is 2.69 bits per heavy atom. The van der Waals surface area contributed by atoms with Crippen molar-refractivity contribution < 1.29 is 14.6 Å². The predicted octanol–water partition coefficient (Wildman–Crippen LogP) is 2.67. The zero-order chi connectivity index (χ0) is 24.4. The fraction of sp³-hybridized carbons (Fsp3) is 0.304. The largest absolute Gasteiger partial charge is 0.481 e. The number of rotatable bonds is 6. The normalized spacial score (nSPS) is 14.3. The van der Waals surface area contributed by atoms with Crippen LogP contribution in [0.4, 0.5) is 16.3 Å². The Hall–Kier alpha value is -4.32. The van der Waals surface area contributed by atoms with Gasteiger partial charge in [-0.2, -0.15) is 0 Å². The third-order valence-corrected chi connectivity index (χ3v) is 5.85. The number of methoxy groups -OCH3 is 1. The van der Waals surface area contributed by atoms with Crippen LogP contribution in [0.25, 0.3) is 22.4 Å². The summed E-state index contributed by atoms with van der Waals surface area (Å²) in [6.45, 7) is 4.78. The molecule has 0 saturated carbocycles. The summed E-state index contributed by atoms with van der Waals surface area (Å²) in [4.78, 5) is 40.4. The molecule has 12 nitrogen and oxygen atoms in total. The molecular formula is C23H25N9O3. The molecule has 0 aliphatic carbocycles. The number of piperazine rings is 1. The van der Waals surface area contributed by atoms with Gasteiger partial charge >= 0.3 is 6.09 Å². The highest BCUT2D eigenvalue weighted by atomic mass is 16.5. The number of aryl methyl sites for hydroxylation is 1. The van der Waals surface area contributed by atoms with E-state index in [0.29, 0.717) is 61.6 Å². The summed E-state index contributed by atoms with van der Waals surface area (Å²) in [7, 11) is 1.57. The molecule has 1 amide bonds. The second-order valence-corrected chi connectivity index (χ2v) is 8.22. The fourth-order valence-electron chi connectivity index (χ4n) is 4.08. The van der Waals surface area contributed by atoms with Crippen molar-refractivity contribution in [3.63, 3.8) is 0 Å². The molecule has 0 aromatic carbocycles. The van der Waals surface area contributed by atoms with Crippen molar-refractivity contribution in [3.05, 3.63) is 48.3 Å². The van der Waals surface area contributed by atoms with Crippen LogP contribution in [0.2, 0.25) is 0 Å². The number of anilines is 2. The highest BCUT2D eigenvalue weighted by Crippen LogP contribution is 2.32. The number of carbonyl (C=O) groups is 1. The van der Waals surface area contributed by atoms with Gasteiger partial charge in [0.05, 0.1) is 25.3 Å². The lowest BCUT2D eigenvalue weighted by atomic mass is 10.1. The molecule has 4 aromatic rings. The maximum absolute atomic E-state index is 11.2. The van der Waals surface area contributed by atoms with E-state index in [-0.39, 0.29) is 0 Å². The molecule has 1 aliphatic rings. The molecule has 4 aromatic heterocycles. The Balaban J connectivity index is 1.49. The minimum Gasteiger partial charge on any atom is -0.481 e. The van der Waals surface area contributed by atoms with E-state index in [1.165, 1.54) is 4.90 Å². The smallest absolute Gasteiger partial charge is 0.407 e. The first kappa shape index (κ1) is 22.5. The molecule has 35 heavy (non-hydrogen) atoms. The van der Waals surface area contributed by atoms with Gasteiger partial charge < -0.3 is 25.0 Å². The van der Waals surface area contributed by atoms with Crippen LogP contribution in [0, 0.1) is 6.92 Å². The molecule has 0 atom stereocenters. The number of fused-ring (bicyclic) bond motifs is 1. The molecule has 0 unspecified atom stereocenters. The van der Waals surface area contributed by atoms with Crippen molar-refractivity contribution in [2.24, 2.45) is 0 Å². The number of H-pyrrole nitrogens is 1. The van der Waals surface area contributed by atoms with E-state index in [9.17, 15) is 9.90 Å². The van der Waals surface area contributed by atoms with Crippen LogP contribution in [-0.4, -0.2) is 84.2 Å². The van der Waals surface area contributed by atoms with Gasteiger partial charge in [-0.3, -0.25) is 4.90 Å². The van der Waals surface area contributed by atoms with Crippen molar-refractivity contribution in [1.29, 1.82) is 0 Å². The quantitative estimate of drug-likeness (QED) is 0.380. The average Bonchev–Trinajstić information content (AvgIpc) is 3.34. The first-order valence-electron chi connectivity index (χ1n) is 11.1. The van der Waals surface area contributed by atoms with E-state index >= 15 is 0 Å². The SMILES string of the molecule is COc1ccc(Nc2ncc(CN3CCN(C(=O)O)CC3)cc2-c2nc(C)nc3nc[nH]c23)cn1. The number of amides is 1. The zero-order valence-electron chi connectivity index (χ0n) is 19.4. The fourth-order valence-corrected chi connectivity index (χ4v) is 4.08. The van der Waals surface area contributed by atoms with E-state index in [1.807, 2.05) is 19.2 Å². The van der Waals surface area contributed by atoms with E-state index < -0.39 is 6.09 Å². The highest BCUT2D eigenvalue weighted by molar-refractivity contribution is 5.91. The molecule has 5 rings (SSSR count). The van der Waals surface area contributed by atoms with Gasteiger partial charge in [0, 0.05) is 50.6 Å². The lowest BCUT2D eigenvalue weighted by Gasteiger charge is -2.33. The maximum Gasteiger partial charge on any atom is 0.407 e. The van der Waals surface area contributed by atoms with Gasteiger partial charge in [0.15, 0.2) is 5.65 Å². The number of pyridine rings is 2. The number of nitrogens with one attached hydrogen (secondary N) is 2.